The van der Waals surface area contributed by atoms with E-state index in [-0.39, 0.29) is 24.7 Å². The predicted octanol–water partition coefficient (Wildman–Crippen LogP) is 3.73. The van der Waals surface area contributed by atoms with Gasteiger partial charge in [0.15, 0.2) is 0 Å². The molecule has 2 N–H and O–H groups in total. The van der Waals surface area contributed by atoms with E-state index < -0.39 is 0 Å². The number of nitrogens with one attached hydrogen (secondary N) is 2. The molecule has 0 atom stereocenters. The van der Waals surface area contributed by atoms with E-state index in [4.69, 9.17) is 9.47 Å². The van der Waals surface area contributed by atoms with Crippen molar-refractivity contribution in [1.82, 2.24) is 5.43 Å². The van der Waals surface area contributed by atoms with Crippen molar-refractivity contribution in [1.29, 1.82) is 0 Å². The molecule has 3 rings (SSSR count). The molecule has 0 bridgehead atoms. The van der Waals surface area contributed by atoms with Gasteiger partial charge in [0, 0.05) is 35.5 Å². The molecule has 2 amide bonds. The second kappa shape index (κ2) is 10.1. The summed E-state index contributed by atoms with van der Waals surface area (Å²) in [7, 11) is 3.11. The number of carbonyl (C=O) groups is 2. The molecule has 3 aromatic rings. The highest BCUT2D eigenvalue weighted by molar-refractivity contribution is 6.02. The maximum absolute atomic E-state index is 12.2. The van der Waals surface area contributed by atoms with Crippen LogP contribution in [0, 0.1) is 0 Å². The standard InChI is InChI=1S/C23H23N3O4/c1-29-18-11-10-17(21(14-18)30-2)15-24-26-23(28)13-12-22(27)25-20-9-5-7-16-6-3-4-8-19(16)20/h3-11,14-15H,12-13H2,1-2H3,(H,25,27)(H,26,28)/b24-15+. The minimum absolute atomic E-state index is 0.0215. The fraction of sp³-hybridized carbons (Fsp3) is 0.174. The molecule has 0 aliphatic rings. The average Bonchev–Trinajstić information content (AvgIpc) is 2.78. The Morgan fingerprint density at radius 2 is 1.70 bits per heavy atom. The predicted molar refractivity (Wildman–Crippen MR) is 117 cm³/mol. The number of hydrazone groups is 1. The lowest BCUT2D eigenvalue weighted by molar-refractivity contribution is -0.124. The Hall–Kier alpha value is -3.87. The van der Waals surface area contributed by atoms with Crippen LogP contribution in [0.2, 0.25) is 0 Å². The Morgan fingerprint density at radius 3 is 2.50 bits per heavy atom. The van der Waals surface area contributed by atoms with Crippen LogP contribution in [0.5, 0.6) is 11.5 Å². The maximum Gasteiger partial charge on any atom is 0.240 e. The third-order valence-corrected chi connectivity index (χ3v) is 4.48. The molecule has 0 spiro atoms. The zero-order valence-electron chi connectivity index (χ0n) is 16.8. The maximum atomic E-state index is 12.2. The topological polar surface area (TPSA) is 89.0 Å². The number of hydrogen-bond donors (Lipinski definition) is 2. The van der Waals surface area contributed by atoms with Crippen molar-refractivity contribution in [3.05, 3.63) is 66.2 Å². The van der Waals surface area contributed by atoms with Crippen molar-refractivity contribution in [2.75, 3.05) is 19.5 Å². The van der Waals surface area contributed by atoms with Crippen LogP contribution >= 0.6 is 0 Å². The molecular formula is C23H23N3O4. The highest BCUT2D eigenvalue weighted by atomic mass is 16.5. The Bertz CT molecular complexity index is 1070. The number of hydrogen-bond acceptors (Lipinski definition) is 5. The molecule has 7 heteroatoms. The molecule has 0 saturated heterocycles. The summed E-state index contributed by atoms with van der Waals surface area (Å²) in [4.78, 5) is 24.2. The highest BCUT2D eigenvalue weighted by Gasteiger charge is 2.09. The fourth-order valence-electron chi connectivity index (χ4n) is 2.93. The molecule has 0 aromatic heterocycles. The second-order valence-corrected chi connectivity index (χ2v) is 6.48. The van der Waals surface area contributed by atoms with Crippen LogP contribution in [0.3, 0.4) is 0 Å². The van der Waals surface area contributed by atoms with Crippen LogP contribution in [-0.2, 0) is 9.59 Å². The summed E-state index contributed by atoms with van der Waals surface area (Å²) in [6, 6.07) is 18.7. The number of nitrogens with zero attached hydrogens (tertiary/aromatic N) is 1. The third-order valence-electron chi connectivity index (χ3n) is 4.48. The first-order valence-corrected chi connectivity index (χ1v) is 9.42. The van der Waals surface area contributed by atoms with E-state index in [1.807, 2.05) is 42.5 Å². The Balaban J connectivity index is 1.51. The van der Waals surface area contributed by atoms with Crippen molar-refractivity contribution in [2.45, 2.75) is 12.8 Å². The number of ether oxygens (including phenoxy) is 2. The van der Waals surface area contributed by atoms with Crippen LogP contribution < -0.4 is 20.2 Å². The van der Waals surface area contributed by atoms with Gasteiger partial charge in [-0.25, -0.2) is 5.43 Å². The summed E-state index contributed by atoms with van der Waals surface area (Å²) in [6.45, 7) is 0. The van der Waals surface area contributed by atoms with Crippen LogP contribution in [0.4, 0.5) is 5.69 Å². The molecule has 154 valence electrons. The number of rotatable bonds is 8. The first-order chi connectivity index (χ1) is 14.6. The number of anilines is 1. The second-order valence-electron chi connectivity index (χ2n) is 6.48. The van der Waals surface area contributed by atoms with E-state index in [2.05, 4.69) is 15.8 Å². The van der Waals surface area contributed by atoms with Gasteiger partial charge in [-0.2, -0.15) is 5.10 Å². The lowest BCUT2D eigenvalue weighted by Gasteiger charge is -2.08. The molecule has 7 nitrogen and oxygen atoms in total. The van der Waals surface area contributed by atoms with E-state index >= 15 is 0 Å². The third kappa shape index (κ3) is 5.35. The molecular weight excluding hydrogens is 382 g/mol. The van der Waals surface area contributed by atoms with Gasteiger partial charge in [0.1, 0.15) is 11.5 Å². The van der Waals surface area contributed by atoms with E-state index in [1.54, 1.807) is 32.4 Å². The monoisotopic (exact) mass is 405 g/mol. The van der Waals surface area contributed by atoms with Gasteiger partial charge in [-0.3, -0.25) is 9.59 Å². The normalized spacial score (nSPS) is 10.7. The smallest absolute Gasteiger partial charge is 0.240 e. The lowest BCUT2D eigenvalue weighted by atomic mass is 10.1. The molecule has 3 aromatic carbocycles. The van der Waals surface area contributed by atoms with Crippen molar-refractivity contribution < 1.29 is 19.1 Å². The van der Waals surface area contributed by atoms with Crippen LogP contribution in [0.1, 0.15) is 18.4 Å². The number of benzene rings is 3. The van der Waals surface area contributed by atoms with Crippen molar-refractivity contribution in [3.63, 3.8) is 0 Å². The molecule has 0 aliphatic carbocycles. The molecule has 0 fully saturated rings. The Labute approximate surface area is 174 Å². The van der Waals surface area contributed by atoms with Gasteiger partial charge in [0.25, 0.3) is 0 Å². The van der Waals surface area contributed by atoms with E-state index in [0.29, 0.717) is 17.1 Å². The summed E-state index contributed by atoms with van der Waals surface area (Å²) in [6.07, 6.45) is 1.55. The first-order valence-electron chi connectivity index (χ1n) is 9.42. The molecule has 30 heavy (non-hydrogen) atoms. The van der Waals surface area contributed by atoms with Crippen LogP contribution in [0.25, 0.3) is 10.8 Å². The van der Waals surface area contributed by atoms with Crippen molar-refractivity contribution >= 4 is 34.5 Å². The number of amides is 2. The lowest BCUT2D eigenvalue weighted by Crippen LogP contribution is -2.20. The van der Waals surface area contributed by atoms with Gasteiger partial charge in [-0.15, -0.1) is 0 Å². The summed E-state index contributed by atoms with van der Waals surface area (Å²) in [5.74, 6) is 0.640. The Kier molecular flexibility index (Phi) is 7.00. The minimum atomic E-state index is -0.355. The molecule has 0 aliphatic heterocycles. The first kappa shape index (κ1) is 20.9. The zero-order chi connectivity index (χ0) is 21.3. The molecule has 0 heterocycles. The van der Waals surface area contributed by atoms with Crippen LogP contribution in [0.15, 0.2) is 65.8 Å². The molecule has 0 saturated carbocycles. The van der Waals surface area contributed by atoms with Gasteiger partial charge in [-0.05, 0) is 23.6 Å². The molecule has 0 radical (unpaired) electrons. The zero-order valence-corrected chi connectivity index (χ0v) is 16.8. The Morgan fingerprint density at radius 1 is 0.933 bits per heavy atom. The minimum Gasteiger partial charge on any atom is -0.497 e. The van der Waals surface area contributed by atoms with Gasteiger partial charge < -0.3 is 14.8 Å². The summed E-state index contributed by atoms with van der Waals surface area (Å²) in [5, 5.41) is 8.79. The van der Waals surface area contributed by atoms with Crippen molar-refractivity contribution in [2.24, 2.45) is 5.10 Å². The average molecular weight is 405 g/mol. The van der Waals surface area contributed by atoms with Crippen molar-refractivity contribution in [3.8, 4) is 11.5 Å². The van der Waals surface area contributed by atoms with E-state index in [0.717, 1.165) is 16.5 Å². The largest absolute Gasteiger partial charge is 0.497 e. The SMILES string of the molecule is COc1ccc(/C=N/NC(=O)CCC(=O)Nc2cccc3ccccc23)c(OC)c1. The van der Waals surface area contributed by atoms with Gasteiger partial charge in [0.2, 0.25) is 11.8 Å². The summed E-state index contributed by atoms with van der Waals surface area (Å²) >= 11 is 0. The van der Waals surface area contributed by atoms with Gasteiger partial charge in [0.05, 0.1) is 20.4 Å². The van der Waals surface area contributed by atoms with E-state index in [1.165, 1.54) is 6.21 Å². The number of fused-ring (bicyclic) bond motifs is 1. The number of methoxy groups -OCH3 is 2. The van der Waals surface area contributed by atoms with Gasteiger partial charge in [-0.1, -0.05) is 36.4 Å². The van der Waals surface area contributed by atoms with E-state index in [9.17, 15) is 9.59 Å². The summed E-state index contributed by atoms with van der Waals surface area (Å²) in [5.41, 5.74) is 3.84. The quantitative estimate of drug-likeness (QED) is 0.441. The fourth-order valence-corrected chi connectivity index (χ4v) is 2.93. The van der Waals surface area contributed by atoms with Crippen LogP contribution in [-0.4, -0.2) is 32.2 Å². The number of carbonyl (C=O) groups excluding carboxylic acids is 2. The molecule has 0 unspecified atom stereocenters. The highest BCUT2D eigenvalue weighted by Crippen LogP contribution is 2.24. The van der Waals surface area contributed by atoms with Gasteiger partial charge >= 0.3 is 0 Å². The summed E-state index contributed by atoms with van der Waals surface area (Å²) < 4.78 is 10.4.